The summed E-state index contributed by atoms with van der Waals surface area (Å²) in [4.78, 5) is 26.4. The van der Waals surface area contributed by atoms with Crippen LogP contribution in [0.15, 0.2) is 41.3 Å². The Morgan fingerprint density at radius 2 is 1.70 bits per heavy atom. The van der Waals surface area contributed by atoms with Gasteiger partial charge in [0.1, 0.15) is 5.82 Å². The van der Waals surface area contributed by atoms with E-state index in [0.717, 1.165) is 27.8 Å². The van der Waals surface area contributed by atoms with Gasteiger partial charge in [0.15, 0.2) is 11.5 Å². The molecule has 7 heteroatoms. The molecule has 0 aromatic heterocycles. The molecule has 27 heavy (non-hydrogen) atoms. The second-order valence-corrected chi connectivity index (χ2v) is 6.95. The lowest BCUT2D eigenvalue weighted by Crippen LogP contribution is -2.27. The molecule has 0 N–H and O–H groups in total. The van der Waals surface area contributed by atoms with Crippen LogP contribution in [-0.4, -0.2) is 30.3 Å². The maximum Gasteiger partial charge on any atom is 0.293 e. The molecule has 0 saturated carbocycles. The van der Waals surface area contributed by atoms with Crippen LogP contribution in [0.3, 0.4) is 0 Å². The summed E-state index contributed by atoms with van der Waals surface area (Å²) in [6, 6.07) is 9.30. The Bertz CT molecular complexity index is 924. The Labute approximate surface area is 160 Å². The molecule has 1 saturated heterocycles. The molecule has 0 aliphatic carbocycles. The fraction of sp³-hybridized carbons (Fsp3) is 0.200. The van der Waals surface area contributed by atoms with E-state index in [-0.39, 0.29) is 23.5 Å². The van der Waals surface area contributed by atoms with Crippen LogP contribution in [0.2, 0.25) is 0 Å². The molecule has 2 aromatic carbocycles. The summed E-state index contributed by atoms with van der Waals surface area (Å²) in [5.41, 5.74) is 2.33. The average molecular weight is 387 g/mol. The minimum atomic E-state index is -0.372. The van der Waals surface area contributed by atoms with Crippen molar-refractivity contribution in [3.05, 3.63) is 63.8 Å². The third kappa shape index (κ3) is 3.98. The number of ether oxygens (including phenoxy) is 2. The number of imide groups is 1. The zero-order chi connectivity index (χ0) is 19.6. The van der Waals surface area contributed by atoms with Crippen LogP contribution in [0.25, 0.3) is 6.08 Å². The number of halogens is 1. The van der Waals surface area contributed by atoms with E-state index in [1.54, 1.807) is 31.4 Å². The molecule has 1 aliphatic rings. The predicted octanol–water partition coefficient (Wildman–Crippen LogP) is 4.39. The number of hydrogen-bond donors (Lipinski definition) is 0. The van der Waals surface area contributed by atoms with Crippen LogP contribution >= 0.6 is 11.8 Å². The highest BCUT2D eigenvalue weighted by Crippen LogP contribution is 2.36. The largest absolute Gasteiger partial charge is 0.493 e. The minimum absolute atomic E-state index is 0.104. The first-order valence-corrected chi connectivity index (χ1v) is 8.97. The Morgan fingerprint density at radius 1 is 1.07 bits per heavy atom. The van der Waals surface area contributed by atoms with Gasteiger partial charge in [-0.05, 0) is 65.7 Å². The molecule has 140 valence electrons. The molecule has 1 fully saturated rings. The highest BCUT2D eigenvalue weighted by atomic mass is 32.2. The van der Waals surface area contributed by atoms with Gasteiger partial charge in [-0.3, -0.25) is 14.5 Å². The minimum Gasteiger partial charge on any atom is -0.493 e. The van der Waals surface area contributed by atoms with E-state index in [1.165, 1.54) is 19.2 Å². The fourth-order valence-corrected chi connectivity index (χ4v) is 3.53. The van der Waals surface area contributed by atoms with E-state index in [9.17, 15) is 14.0 Å². The molecule has 2 aromatic rings. The molecule has 0 radical (unpaired) electrons. The van der Waals surface area contributed by atoms with Crippen molar-refractivity contribution in [3.8, 4) is 11.5 Å². The lowest BCUT2D eigenvalue weighted by Gasteiger charge is -2.12. The molecule has 0 atom stereocenters. The van der Waals surface area contributed by atoms with Gasteiger partial charge in [-0.25, -0.2) is 4.39 Å². The smallest absolute Gasteiger partial charge is 0.293 e. The number of benzene rings is 2. The number of amides is 2. The molecule has 0 spiro atoms. The summed E-state index contributed by atoms with van der Waals surface area (Å²) in [6.07, 6.45) is 1.67. The highest BCUT2D eigenvalue weighted by molar-refractivity contribution is 8.18. The van der Waals surface area contributed by atoms with E-state index >= 15 is 0 Å². The van der Waals surface area contributed by atoms with Crippen LogP contribution in [0.1, 0.15) is 16.7 Å². The third-order valence-electron chi connectivity index (χ3n) is 4.19. The van der Waals surface area contributed by atoms with Gasteiger partial charge >= 0.3 is 0 Å². The molecular weight excluding hydrogens is 369 g/mol. The first kappa shape index (κ1) is 19.0. The van der Waals surface area contributed by atoms with Gasteiger partial charge in [0.25, 0.3) is 11.1 Å². The maximum absolute atomic E-state index is 13.0. The van der Waals surface area contributed by atoms with E-state index in [4.69, 9.17) is 9.47 Å². The SMILES string of the molecule is COc1cc(C)c(/C=C2\SC(=O)N(Cc3ccc(F)cc3)C2=O)cc1OC. The van der Waals surface area contributed by atoms with Gasteiger partial charge in [-0.2, -0.15) is 0 Å². The van der Waals surface area contributed by atoms with Gasteiger partial charge in [-0.15, -0.1) is 0 Å². The van der Waals surface area contributed by atoms with Gasteiger partial charge in [0.2, 0.25) is 0 Å². The van der Waals surface area contributed by atoms with Crippen molar-refractivity contribution in [3.63, 3.8) is 0 Å². The Morgan fingerprint density at radius 3 is 2.33 bits per heavy atom. The fourth-order valence-electron chi connectivity index (χ4n) is 2.70. The van der Waals surface area contributed by atoms with Crippen molar-refractivity contribution in [2.75, 3.05) is 14.2 Å². The number of aryl methyl sites for hydroxylation is 1. The number of methoxy groups -OCH3 is 2. The van der Waals surface area contributed by atoms with Crippen molar-refractivity contribution in [2.45, 2.75) is 13.5 Å². The van der Waals surface area contributed by atoms with Crippen molar-refractivity contribution in [2.24, 2.45) is 0 Å². The number of rotatable bonds is 5. The lowest BCUT2D eigenvalue weighted by atomic mass is 10.1. The number of carbonyl (C=O) groups is 2. The highest BCUT2D eigenvalue weighted by Gasteiger charge is 2.35. The van der Waals surface area contributed by atoms with Crippen LogP contribution in [0, 0.1) is 12.7 Å². The summed E-state index contributed by atoms with van der Waals surface area (Å²) in [5, 5.41) is -0.353. The molecule has 3 rings (SSSR count). The molecule has 1 aliphatic heterocycles. The normalized spacial score (nSPS) is 15.6. The monoisotopic (exact) mass is 387 g/mol. The van der Waals surface area contributed by atoms with Crippen LogP contribution in [-0.2, 0) is 11.3 Å². The van der Waals surface area contributed by atoms with E-state index in [0.29, 0.717) is 22.0 Å². The number of nitrogens with zero attached hydrogens (tertiary/aromatic N) is 1. The van der Waals surface area contributed by atoms with Gasteiger partial charge in [-0.1, -0.05) is 12.1 Å². The summed E-state index contributed by atoms with van der Waals surface area (Å²) < 4.78 is 23.6. The predicted molar refractivity (Wildman–Crippen MR) is 102 cm³/mol. The first-order chi connectivity index (χ1) is 12.9. The van der Waals surface area contributed by atoms with E-state index < -0.39 is 0 Å². The zero-order valence-corrected chi connectivity index (χ0v) is 15.9. The van der Waals surface area contributed by atoms with Crippen LogP contribution in [0.5, 0.6) is 11.5 Å². The average Bonchev–Trinajstić information content (AvgIpc) is 2.92. The van der Waals surface area contributed by atoms with Crippen LogP contribution in [0.4, 0.5) is 9.18 Å². The molecule has 1 heterocycles. The second kappa shape index (κ2) is 7.84. The third-order valence-corrected chi connectivity index (χ3v) is 5.09. The first-order valence-electron chi connectivity index (χ1n) is 8.15. The van der Waals surface area contributed by atoms with E-state index in [2.05, 4.69) is 0 Å². The quantitative estimate of drug-likeness (QED) is 0.713. The number of thioether (sulfide) groups is 1. The summed E-state index contributed by atoms with van der Waals surface area (Å²) in [7, 11) is 3.09. The zero-order valence-electron chi connectivity index (χ0n) is 15.1. The van der Waals surface area contributed by atoms with E-state index in [1.807, 2.05) is 13.0 Å². The van der Waals surface area contributed by atoms with Crippen LogP contribution < -0.4 is 9.47 Å². The second-order valence-electron chi connectivity index (χ2n) is 5.96. The molecule has 0 bridgehead atoms. The van der Waals surface area contributed by atoms with Gasteiger partial charge in [0.05, 0.1) is 25.7 Å². The topological polar surface area (TPSA) is 55.8 Å². The van der Waals surface area contributed by atoms with Crippen molar-refractivity contribution in [1.82, 2.24) is 4.90 Å². The van der Waals surface area contributed by atoms with Crippen molar-refractivity contribution >= 4 is 29.0 Å². The van der Waals surface area contributed by atoms with Gasteiger partial charge in [0, 0.05) is 0 Å². The van der Waals surface area contributed by atoms with Crippen molar-refractivity contribution in [1.29, 1.82) is 0 Å². The number of hydrogen-bond acceptors (Lipinski definition) is 5. The maximum atomic E-state index is 13.0. The standard InChI is InChI=1S/C20H18FNO4S/c1-12-8-16(25-2)17(26-3)9-14(12)10-18-19(23)22(20(24)27-18)11-13-4-6-15(21)7-5-13/h4-10H,11H2,1-3H3/b18-10-. The molecule has 5 nitrogen and oxygen atoms in total. The number of carbonyl (C=O) groups excluding carboxylic acids is 2. The Kier molecular flexibility index (Phi) is 5.51. The molecule has 0 unspecified atom stereocenters. The summed E-state index contributed by atoms with van der Waals surface area (Å²) >= 11 is 0.884. The Hall–Kier alpha value is -2.80. The van der Waals surface area contributed by atoms with Crippen molar-refractivity contribution < 1.29 is 23.5 Å². The molecular formula is C20H18FNO4S. The Balaban J connectivity index is 1.87. The summed E-state index contributed by atoms with van der Waals surface area (Å²) in [6.45, 7) is 1.99. The summed E-state index contributed by atoms with van der Waals surface area (Å²) in [5.74, 6) is 0.400. The molecule has 2 amide bonds. The lowest BCUT2D eigenvalue weighted by molar-refractivity contribution is -0.123. The van der Waals surface area contributed by atoms with Gasteiger partial charge < -0.3 is 9.47 Å².